The van der Waals surface area contributed by atoms with Gasteiger partial charge in [-0.2, -0.15) is 0 Å². The molecular weight excluding hydrogens is 278 g/mol. The Kier molecular flexibility index (Phi) is 4.42. The lowest BCUT2D eigenvalue weighted by molar-refractivity contribution is -0.121. The van der Waals surface area contributed by atoms with Crippen LogP contribution in [0.4, 0.5) is 5.69 Å². The third-order valence-electron chi connectivity index (χ3n) is 2.98. The number of amides is 1. The lowest BCUT2D eigenvalue weighted by atomic mass is 10.0. The summed E-state index contributed by atoms with van der Waals surface area (Å²) < 4.78 is 26.4. The van der Waals surface area contributed by atoms with Crippen LogP contribution in [0.3, 0.4) is 0 Å². The van der Waals surface area contributed by atoms with E-state index in [9.17, 15) is 13.2 Å². The Morgan fingerprint density at radius 3 is 2.30 bits per heavy atom. The number of rotatable bonds is 5. The topological polar surface area (TPSA) is 87.3 Å². The van der Waals surface area contributed by atoms with Crippen LogP contribution in [0.1, 0.15) is 13.8 Å². The van der Waals surface area contributed by atoms with Gasteiger partial charge in [-0.05, 0) is 38.1 Å². The summed E-state index contributed by atoms with van der Waals surface area (Å²) in [7, 11) is -3.49. The van der Waals surface area contributed by atoms with Gasteiger partial charge in [-0.25, -0.2) is 13.1 Å². The van der Waals surface area contributed by atoms with Crippen molar-refractivity contribution in [2.24, 2.45) is 5.92 Å². The molecule has 0 aliphatic carbocycles. The Morgan fingerprint density at radius 1 is 1.25 bits per heavy atom. The molecule has 0 aromatic heterocycles. The van der Waals surface area contributed by atoms with E-state index in [2.05, 4.69) is 15.4 Å². The minimum Gasteiger partial charge on any atom is -0.326 e. The molecule has 20 heavy (non-hydrogen) atoms. The fraction of sp³-hybridized carbons (Fsp3) is 0.462. The molecule has 0 spiro atoms. The first-order chi connectivity index (χ1) is 9.38. The third-order valence-corrected chi connectivity index (χ3v) is 4.65. The lowest BCUT2D eigenvalue weighted by Gasteiger charge is -2.25. The first-order valence-electron chi connectivity index (χ1n) is 6.52. The quantitative estimate of drug-likeness (QED) is 0.740. The van der Waals surface area contributed by atoms with E-state index in [1.54, 1.807) is 26.0 Å². The largest absolute Gasteiger partial charge is 0.326 e. The molecule has 1 aliphatic rings. The molecule has 7 heteroatoms. The molecule has 1 saturated heterocycles. The average molecular weight is 297 g/mol. The van der Waals surface area contributed by atoms with Crippen molar-refractivity contribution < 1.29 is 13.2 Å². The van der Waals surface area contributed by atoms with Gasteiger partial charge in [0.15, 0.2) is 0 Å². The summed E-state index contributed by atoms with van der Waals surface area (Å²) in [6.07, 6.45) is 0. The maximum absolute atomic E-state index is 11.9. The summed E-state index contributed by atoms with van der Waals surface area (Å²) >= 11 is 0. The van der Waals surface area contributed by atoms with Crippen LogP contribution >= 0.6 is 0 Å². The minimum absolute atomic E-state index is 0.000941. The van der Waals surface area contributed by atoms with Crippen molar-refractivity contribution in [2.75, 3.05) is 18.4 Å². The zero-order valence-corrected chi connectivity index (χ0v) is 12.3. The van der Waals surface area contributed by atoms with Crippen LogP contribution in [0.5, 0.6) is 0 Å². The number of carbonyl (C=O) groups is 1. The van der Waals surface area contributed by atoms with E-state index in [1.165, 1.54) is 12.1 Å². The predicted octanol–water partition coefficient (Wildman–Crippen LogP) is 0.531. The molecule has 1 aliphatic heterocycles. The predicted molar refractivity (Wildman–Crippen MR) is 76.9 cm³/mol. The Morgan fingerprint density at radius 2 is 1.85 bits per heavy atom. The molecule has 1 fully saturated rings. The number of hydrogen-bond donors (Lipinski definition) is 3. The number of nitrogens with one attached hydrogen (secondary N) is 3. The van der Waals surface area contributed by atoms with Crippen LogP contribution in [0, 0.1) is 5.92 Å². The summed E-state index contributed by atoms with van der Waals surface area (Å²) in [5.74, 6) is -0.0410. The number of anilines is 1. The van der Waals surface area contributed by atoms with E-state index in [0.29, 0.717) is 18.8 Å². The number of carbonyl (C=O) groups excluding carboxylic acids is 1. The Hall–Kier alpha value is -1.44. The smallest absolute Gasteiger partial charge is 0.240 e. The molecule has 0 saturated carbocycles. The van der Waals surface area contributed by atoms with Crippen molar-refractivity contribution in [3.63, 3.8) is 0 Å². The Labute approximate surface area is 119 Å². The van der Waals surface area contributed by atoms with Crippen LogP contribution in [-0.4, -0.2) is 33.5 Å². The maximum Gasteiger partial charge on any atom is 0.240 e. The molecule has 0 unspecified atom stereocenters. The zero-order chi connectivity index (χ0) is 14.8. The second-order valence-corrected chi connectivity index (χ2v) is 6.86. The van der Waals surface area contributed by atoms with Gasteiger partial charge in [0.25, 0.3) is 0 Å². The van der Waals surface area contributed by atoms with Gasteiger partial charge in [-0.3, -0.25) is 4.79 Å². The second kappa shape index (κ2) is 5.90. The zero-order valence-electron chi connectivity index (χ0n) is 11.5. The monoisotopic (exact) mass is 297 g/mol. The molecule has 6 nitrogen and oxygen atoms in total. The summed E-state index contributed by atoms with van der Waals surface area (Å²) in [5, 5.41) is 5.80. The van der Waals surface area contributed by atoms with Crippen LogP contribution in [0.25, 0.3) is 0 Å². The van der Waals surface area contributed by atoms with Gasteiger partial charge in [0.1, 0.15) is 0 Å². The molecule has 2 rings (SSSR count). The van der Waals surface area contributed by atoms with E-state index >= 15 is 0 Å². The first-order valence-corrected chi connectivity index (χ1v) is 8.01. The fourth-order valence-electron chi connectivity index (χ4n) is 1.81. The molecule has 0 atom stereocenters. The molecule has 0 bridgehead atoms. The highest BCUT2D eigenvalue weighted by molar-refractivity contribution is 7.89. The number of benzene rings is 1. The minimum atomic E-state index is -3.49. The molecule has 1 amide bonds. The van der Waals surface area contributed by atoms with Crippen LogP contribution in [0.15, 0.2) is 29.2 Å². The van der Waals surface area contributed by atoms with Crippen molar-refractivity contribution in [3.05, 3.63) is 24.3 Å². The van der Waals surface area contributed by atoms with Crippen molar-refractivity contribution in [1.29, 1.82) is 0 Å². The summed E-state index contributed by atoms with van der Waals surface area (Å²) in [6.45, 7) is 4.91. The van der Waals surface area contributed by atoms with Crippen LogP contribution < -0.4 is 15.4 Å². The van der Waals surface area contributed by atoms with E-state index in [4.69, 9.17) is 0 Å². The fourth-order valence-corrected chi connectivity index (χ4v) is 3.07. The lowest BCUT2D eigenvalue weighted by Crippen LogP contribution is -2.48. The van der Waals surface area contributed by atoms with Gasteiger partial charge in [0.05, 0.1) is 10.8 Å². The maximum atomic E-state index is 11.9. The Balaban J connectivity index is 2.04. The van der Waals surface area contributed by atoms with Crippen LogP contribution in [0.2, 0.25) is 0 Å². The summed E-state index contributed by atoms with van der Waals surface area (Å²) in [6, 6.07) is 6.00. The molecule has 110 valence electrons. The van der Waals surface area contributed by atoms with Gasteiger partial charge in [-0.15, -0.1) is 0 Å². The van der Waals surface area contributed by atoms with E-state index in [1.807, 2.05) is 0 Å². The van der Waals surface area contributed by atoms with Gasteiger partial charge < -0.3 is 10.6 Å². The van der Waals surface area contributed by atoms with E-state index < -0.39 is 10.0 Å². The second-order valence-electron chi connectivity index (χ2n) is 5.14. The highest BCUT2D eigenvalue weighted by Crippen LogP contribution is 2.16. The van der Waals surface area contributed by atoms with E-state index in [0.717, 1.165) is 0 Å². The molecule has 0 radical (unpaired) electrons. The SMILES string of the molecule is CC(C)NS(=O)(=O)c1ccc(NC(=O)C2CNC2)cc1. The van der Waals surface area contributed by atoms with Crippen molar-refractivity contribution in [1.82, 2.24) is 10.0 Å². The van der Waals surface area contributed by atoms with Crippen molar-refractivity contribution in [2.45, 2.75) is 24.8 Å². The molecular formula is C13H19N3O3S. The molecule has 1 aromatic carbocycles. The average Bonchev–Trinajstić information content (AvgIpc) is 2.25. The van der Waals surface area contributed by atoms with Crippen molar-refractivity contribution >= 4 is 21.6 Å². The van der Waals surface area contributed by atoms with Gasteiger partial charge in [0, 0.05) is 24.8 Å². The highest BCUT2D eigenvalue weighted by Gasteiger charge is 2.24. The van der Waals surface area contributed by atoms with Crippen molar-refractivity contribution in [3.8, 4) is 0 Å². The number of hydrogen-bond acceptors (Lipinski definition) is 4. The molecule has 1 aromatic rings. The van der Waals surface area contributed by atoms with Gasteiger partial charge in [-0.1, -0.05) is 0 Å². The standard InChI is InChI=1S/C13H19N3O3S/c1-9(2)16-20(18,19)12-5-3-11(4-6-12)15-13(17)10-7-14-8-10/h3-6,9-10,14,16H,7-8H2,1-2H3,(H,15,17). The normalized spacial score (nSPS) is 15.9. The molecule has 1 heterocycles. The Bertz CT molecular complexity index is 577. The highest BCUT2D eigenvalue weighted by atomic mass is 32.2. The number of sulfonamides is 1. The van der Waals surface area contributed by atoms with Gasteiger partial charge >= 0.3 is 0 Å². The van der Waals surface area contributed by atoms with Gasteiger partial charge in [0.2, 0.25) is 15.9 Å². The molecule has 3 N–H and O–H groups in total. The third kappa shape index (κ3) is 3.56. The van der Waals surface area contributed by atoms with Crippen LogP contribution in [-0.2, 0) is 14.8 Å². The summed E-state index contributed by atoms with van der Waals surface area (Å²) in [4.78, 5) is 11.9. The van der Waals surface area contributed by atoms with E-state index in [-0.39, 0.29) is 22.8 Å². The first kappa shape index (κ1) is 15.0. The summed E-state index contributed by atoms with van der Waals surface area (Å²) in [5.41, 5.74) is 0.602.